The van der Waals surface area contributed by atoms with Crippen LogP contribution in [0.1, 0.15) is 10.4 Å². The number of aromatic nitrogens is 2. The number of hydrogen-bond acceptors (Lipinski definition) is 2. The third kappa shape index (κ3) is 2.42. The normalized spacial score (nSPS) is 10.6. The number of aldehydes is 1. The summed E-state index contributed by atoms with van der Waals surface area (Å²) in [6.45, 7) is 0. The van der Waals surface area contributed by atoms with Crippen molar-refractivity contribution in [3.8, 4) is 5.69 Å². The van der Waals surface area contributed by atoms with E-state index in [0.717, 1.165) is 0 Å². The second-order valence-electron chi connectivity index (χ2n) is 3.12. The van der Waals surface area contributed by atoms with E-state index in [4.69, 9.17) is 23.2 Å². The van der Waals surface area contributed by atoms with Gasteiger partial charge in [-0.2, -0.15) is 5.10 Å². The van der Waals surface area contributed by atoms with Crippen molar-refractivity contribution in [1.82, 2.24) is 9.78 Å². The first kappa shape index (κ1) is 13.1. The number of carbonyl (C=O) groups is 1. The summed E-state index contributed by atoms with van der Waals surface area (Å²) in [6.07, 6.45) is 0.704. The topological polar surface area (TPSA) is 34.9 Å². The molecule has 0 bridgehead atoms. The van der Waals surface area contributed by atoms with Crippen LogP contribution in [-0.4, -0.2) is 16.1 Å². The predicted molar refractivity (Wildman–Crippen MR) is 74.4 cm³/mol. The van der Waals surface area contributed by atoms with Crippen molar-refractivity contribution in [1.29, 1.82) is 0 Å². The molecule has 0 aliphatic carbocycles. The number of halogens is 4. The molecule has 7 heteroatoms. The predicted octanol–water partition coefficient (Wildman–Crippen LogP) is 4.52. The van der Waals surface area contributed by atoms with Gasteiger partial charge < -0.3 is 0 Å². The molecule has 0 unspecified atom stereocenters. The minimum atomic E-state index is 0.418. The van der Waals surface area contributed by atoms with Gasteiger partial charge in [0.15, 0.2) is 6.29 Å². The van der Waals surface area contributed by atoms with E-state index < -0.39 is 0 Å². The highest BCUT2D eigenvalue weighted by Gasteiger charge is 2.16. The highest BCUT2D eigenvalue weighted by Crippen LogP contribution is 2.30. The zero-order chi connectivity index (χ0) is 12.6. The number of benzene rings is 1. The molecule has 0 aliphatic rings. The number of hydrogen-bond donors (Lipinski definition) is 0. The molecule has 0 atom stereocenters. The van der Waals surface area contributed by atoms with Gasteiger partial charge in [-0.1, -0.05) is 23.2 Å². The Bertz CT molecular complexity index is 598. The summed E-state index contributed by atoms with van der Waals surface area (Å²) in [5.41, 5.74) is 1.01. The number of rotatable bonds is 2. The molecule has 0 amide bonds. The molecule has 2 rings (SSSR count). The fraction of sp³-hybridized carbons (Fsp3) is 0. The van der Waals surface area contributed by atoms with Crippen molar-refractivity contribution in [2.45, 2.75) is 0 Å². The summed E-state index contributed by atoms with van der Waals surface area (Å²) in [7, 11) is 0. The Labute approximate surface area is 124 Å². The van der Waals surface area contributed by atoms with Gasteiger partial charge in [-0.3, -0.25) is 4.79 Å². The lowest BCUT2D eigenvalue weighted by Gasteiger charge is -2.06. The number of carbonyl (C=O) groups excluding carboxylic acids is 1. The molecule has 0 fully saturated rings. The molecule has 1 aromatic carbocycles. The van der Waals surface area contributed by atoms with Gasteiger partial charge in [-0.25, -0.2) is 4.68 Å². The molecule has 1 heterocycles. The Balaban J connectivity index is 2.68. The Morgan fingerprint density at radius 2 is 2.00 bits per heavy atom. The van der Waals surface area contributed by atoms with E-state index >= 15 is 0 Å². The van der Waals surface area contributed by atoms with E-state index in [1.54, 1.807) is 18.2 Å². The molecule has 2 aromatic rings. The Kier molecular flexibility index (Phi) is 3.92. The van der Waals surface area contributed by atoms with Gasteiger partial charge in [0.05, 0.1) is 16.3 Å². The van der Waals surface area contributed by atoms with Gasteiger partial charge in [0.1, 0.15) is 9.21 Å². The van der Waals surface area contributed by atoms with E-state index in [9.17, 15) is 4.79 Å². The average Bonchev–Trinajstić information content (AvgIpc) is 2.57. The minimum Gasteiger partial charge on any atom is -0.298 e. The van der Waals surface area contributed by atoms with Crippen molar-refractivity contribution in [3.05, 3.63) is 43.0 Å². The van der Waals surface area contributed by atoms with Crippen molar-refractivity contribution in [3.63, 3.8) is 0 Å². The first-order valence-corrected chi connectivity index (χ1v) is 6.73. The molecule has 0 spiro atoms. The second kappa shape index (κ2) is 5.10. The van der Waals surface area contributed by atoms with Crippen LogP contribution in [0, 0.1) is 0 Å². The van der Waals surface area contributed by atoms with Crippen LogP contribution in [0.4, 0.5) is 0 Å². The Morgan fingerprint density at radius 3 is 2.59 bits per heavy atom. The van der Waals surface area contributed by atoms with E-state index in [1.807, 2.05) is 0 Å². The summed E-state index contributed by atoms with van der Waals surface area (Å²) in [6, 6.07) is 5.02. The third-order valence-corrected chi connectivity index (χ3v) is 3.98. The molecular weight excluding hydrogens is 395 g/mol. The van der Waals surface area contributed by atoms with E-state index in [-0.39, 0.29) is 0 Å². The quantitative estimate of drug-likeness (QED) is 0.697. The molecule has 17 heavy (non-hydrogen) atoms. The van der Waals surface area contributed by atoms with Crippen LogP contribution >= 0.6 is 55.1 Å². The molecule has 0 saturated heterocycles. The Hall–Kier alpha value is -0.360. The maximum absolute atomic E-state index is 10.9. The van der Waals surface area contributed by atoms with Crippen LogP contribution in [-0.2, 0) is 0 Å². The van der Waals surface area contributed by atoms with Crippen LogP contribution in [0.2, 0.25) is 10.0 Å². The summed E-state index contributed by atoms with van der Waals surface area (Å²) in [4.78, 5) is 10.9. The molecule has 1 aromatic heterocycles. The lowest BCUT2D eigenvalue weighted by molar-refractivity contribution is 0.112. The fourth-order valence-electron chi connectivity index (χ4n) is 1.29. The van der Waals surface area contributed by atoms with Crippen LogP contribution in [0.25, 0.3) is 5.69 Å². The standard InChI is InChI=1S/C10H4Br2Cl2N2O/c11-9-6(4-17)10(12)16(15-9)8-3-5(13)1-2-7(8)14/h1-4H. The van der Waals surface area contributed by atoms with Gasteiger partial charge in [-0.05, 0) is 50.1 Å². The molecule has 3 nitrogen and oxygen atoms in total. The van der Waals surface area contributed by atoms with E-state index in [2.05, 4.69) is 37.0 Å². The molecular formula is C10H4Br2Cl2N2O. The molecule has 0 aliphatic heterocycles. The van der Waals surface area contributed by atoms with Gasteiger partial charge in [0, 0.05) is 5.02 Å². The largest absolute Gasteiger partial charge is 0.298 e. The van der Waals surface area contributed by atoms with E-state index in [1.165, 1.54) is 4.68 Å². The monoisotopic (exact) mass is 396 g/mol. The molecule has 88 valence electrons. The summed E-state index contributed by atoms with van der Waals surface area (Å²) < 4.78 is 2.46. The van der Waals surface area contributed by atoms with Gasteiger partial charge in [-0.15, -0.1) is 0 Å². The van der Waals surface area contributed by atoms with Crippen LogP contribution in [0.15, 0.2) is 27.4 Å². The zero-order valence-corrected chi connectivity index (χ0v) is 12.8. The Morgan fingerprint density at radius 1 is 1.29 bits per heavy atom. The van der Waals surface area contributed by atoms with Crippen molar-refractivity contribution >= 4 is 61.3 Å². The number of nitrogens with zero attached hydrogens (tertiary/aromatic N) is 2. The first-order valence-electron chi connectivity index (χ1n) is 4.39. The lowest BCUT2D eigenvalue weighted by Crippen LogP contribution is -1.98. The van der Waals surface area contributed by atoms with Crippen molar-refractivity contribution < 1.29 is 4.79 Å². The van der Waals surface area contributed by atoms with Crippen molar-refractivity contribution in [2.75, 3.05) is 0 Å². The molecule has 0 N–H and O–H groups in total. The maximum atomic E-state index is 10.9. The lowest BCUT2D eigenvalue weighted by atomic mass is 10.3. The van der Waals surface area contributed by atoms with Crippen molar-refractivity contribution in [2.24, 2.45) is 0 Å². The molecule has 0 saturated carbocycles. The third-order valence-electron chi connectivity index (χ3n) is 2.07. The highest BCUT2D eigenvalue weighted by atomic mass is 79.9. The van der Waals surface area contributed by atoms with Gasteiger partial charge >= 0.3 is 0 Å². The van der Waals surface area contributed by atoms with Gasteiger partial charge in [0.25, 0.3) is 0 Å². The van der Waals surface area contributed by atoms with Crippen LogP contribution in [0.5, 0.6) is 0 Å². The van der Waals surface area contributed by atoms with Crippen LogP contribution < -0.4 is 0 Å². The first-order chi connectivity index (χ1) is 8.04. The molecule has 0 radical (unpaired) electrons. The maximum Gasteiger partial charge on any atom is 0.155 e. The smallest absolute Gasteiger partial charge is 0.155 e. The summed E-state index contributed by atoms with van der Waals surface area (Å²) in [5, 5.41) is 5.19. The van der Waals surface area contributed by atoms with E-state index in [0.29, 0.717) is 36.8 Å². The average molecular weight is 399 g/mol. The van der Waals surface area contributed by atoms with Crippen LogP contribution in [0.3, 0.4) is 0 Å². The fourth-order valence-corrected chi connectivity index (χ4v) is 2.91. The highest BCUT2D eigenvalue weighted by molar-refractivity contribution is 9.11. The second-order valence-corrected chi connectivity index (χ2v) is 5.47. The summed E-state index contributed by atoms with van der Waals surface area (Å²) >= 11 is 18.5. The SMILES string of the molecule is O=Cc1c(Br)nn(-c2cc(Cl)ccc2Cl)c1Br. The minimum absolute atomic E-state index is 0.418. The van der Waals surface area contributed by atoms with Gasteiger partial charge in [0.2, 0.25) is 0 Å². The zero-order valence-electron chi connectivity index (χ0n) is 8.12. The summed E-state index contributed by atoms with van der Waals surface area (Å²) in [5.74, 6) is 0.